The zero-order chi connectivity index (χ0) is 20.9. The molecule has 0 atom stereocenters. The number of fused-ring (bicyclic) bond motifs is 1. The highest BCUT2D eigenvalue weighted by Crippen LogP contribution is 2.28. The van der Waals surface area contributed by atoms with Gasteiger partial charge in [0.2, 0.25) is 11.0 Å². The molecule has 0 aliphatic carbocycles. The minimum Gasteiger partial charge on any atom is -0.485 e. The summed E-state index contributed by atoms with van der Waals surface area (Å²) in [6.45, 7) is 5.06. The van der Waals surface area contributed by atoms with Crippen molar-refractivity contribution < 1.29 is 9.53 Å². The van der Waals surface area contributed by atoms with E-state index in [1.807, 2.05) is 29.7 Å². The number of amides is 1. The number of nitrogens with one attached hydrogen (secondary N) is 1. The third kappa shape index (κ3) is 4.44. The Bertz CT molecular complexity index is 1160. The van der Waals surface area contributed by atoms with Crippen LogP contribution in [0.3, 0.4) is 0 Å². The number of hydrogen-bond donors (Lipinski definition) is 1. The number of benzene rings is 2. The van der Waals surface area contributed by atoms with Crippen molar-refractivity contribution in [3.8, 4) is 5.75 Å². The van der Waals surface area contributed by atoms with Crippen molar-refractivity contribution in [2.24, 2.45) is 0 Å². The molecule has 1 amide bonds. The molecule has 1 N–H and O–H groups in total. The molecule has 2 aromatic carbocycles. The van der Waals surface area contributed by atoms with Crippen LogP contribution in [-0.2, 0) is 17.9 Å². The molecular formula is C20H20N6O2S2. The highest BCUT2D eigenvalue weighted by molar-refractivity contribution is 7.99. The van der Waals surface area contributed by atoms with E-state index >= 15 is 0 Å². The maximum absolute atomic E-state index is 12.1. The number of aryl methyl sites for hydroxylation is 1. The van der Waals surface area contributed by atoms with E-state index in [1.165, 1.54) is 33.9 Å². The van der Waals surface area contributed by atoms with Gasteiger partial charge in [-0.05, 0) is 36.2 Å². The Morgan fingerprint density at radius 1 is 1.20 bits per heavy atom. The molecule has 0 fully saturated rings. The highest BCUT2D eigenvalue weighted by atomic mass is 32.2. The number of anilines is 1. The molecule has 30 heavy (non-hydrogen) atoms. The Labute approximate surface area is 181 Å². The summed E-state index contributed by atoms with van der Waals surface area (Å²) in [5.41, 5.74) is 2.67. The van der Waals surface area contributed by atoms with Crippen LogP contribution in [0.25, 0.3) is 10.8 Å². The lowest BCUT2D eigenvalue weighted by Gasteiger charge is -2.12. The molecule has 0 spiro atoms. The molecule has 154 valence electrons. The van der Waals surface area contributed by atoms with E-state index in [4.69, 9.17) is 4.74 Å². The van der Waals surface area contributed by atoms with Crippen LogP contribution >= 0.6 is 23.1 Å². The molecular weight excluding hydrogens is 420 g/mol. The summed E-state index contributed by atoms with van der Waals surface area (Å²) >= 11 is 2.61. The van der Waals surface area contributed by atoms with Crippen LogP contribution in [0.15, 0.2) is 47.1 Å². The van der Waals surface area contributed by atoms with Gasteiger partial charge in [0.15, 0.2) is 11.0 Å². The second-order valence-corrected chi connectivity index (χ2v) is 8.20. The lowest BCUT2D eigenvalue weighted by molar-refractivity contribution is -0.113. The number of nitrogens with zero attached hydrogens (tertiary/aromatic N) is 5. The molecule has 10 heteroatoms. The van der Waals surface area contributed by atoms with Gasteiger partial charge in [-0.15, -0.1) is 20.4 Å². The van der Waals surface area contributed by atoms with E-state index in [0.29, 0.717) is 23.4 Å². The third-order valence-corrected chi connectivity index (χ3v) is 6.13. The van der Waals surface area contributed by atoms with E-state index in [1.54, 1.807) is 5.51 Å². The largest absolute Gasteiger partial charge is 0.485 e. The summed E-state index contributed by atoms with van der Waals surface area (Å²) in [5, 5.41) is 22.2. The van der Waals surface area contributed by atoms with Gasteiger partial charge >= 0.3 is 0 Å². The minimum absolute atomic E-state index is 0.160. The highest BCUT2D eigenvalue weighted by Gasteiger charge is 2.15. The fourth-order valence-electron chi connectivity index (χ4n) is 3.07. The fourth-order valence-corrected chi connectivity index (χ4v) is 4.35. The number of carbonyl (C=O) groups excluding carboxylic acids is 1. The Hall–Kier alpha value is -2.98. The molecule has 0 saturated carbocycles. The van der Waals surface area contributed by atoms with Crippen LogP contribution in [0.5, 0.6) is 5.75 Å². The average Bonchev–Trinajstić information content (AvgIpc) is 3.41. The van der Waals surface area contributed by atoms with Crippen molar-refractivity contribution in [2.75, 3.05) is 11.1 Å². The van der Waals surface area contributed by atoms with Crippen molar-refractivity contribution in [3.63, 3.8) is 0 Å². The fraction of sp³-hybridized carbons (Fsp3) is 0.250. The Morgan fingerprint density at radius 3 is 2.87 bits per heavy atom. The molecule has 2 aromatic heterocycles. The Kier molecular flexibility index (Phi) is 6.24. The van der Waals surface area contributed by atoms with Crippen LogP contribution < -0.4 is 10.1 Å². The topological polar surface area (TPSA) is 94.8 Å². The van der Waals surface area contributed by atoms with Crippen molar-refractivity contribution in [1.29, 1.82) is 0 Å². The molecule has 4 aromatic rings. The van der Waals surface area contributed by atoms with Gasteiger partial charge in [-0.1, -0.05) is 53.4 Å². The zero-order valence-electron chi connectivity index (χ0n) is 16.5. The Balaban J connectivity index is 1.41. The average molecular weight is 441 g/mol. The molecule has 0 bridgehead atoms. The van der Waals surface area contributed by atoms with Crippen LogP contribution in [0.4, 0.5) is 5.13 Å². The van der Waals surface area contributed by atoms with Crippen molar-refractivity contribution >= 4 is 44.9 Å². The monoisotopic (exact) mass is 440 g/mol. The predicted octanol–water partition coefficient (Wildman–Crippen LogP) is 3.92. The second kappa shape index (κ2) is 9.23. The zero-order valence-corrected chi connectivity index (χ0v) is 18.2. The maximum atomic E-state index is 12.1. The number of rotatable bonds is 8. The second-order valence-electron chi connectivity index (χ2n) is 6.42. The van der Waals surface area contributed by atoms with E-state index in [9.17, 15) is 4.79 Å². The number of ether oxygens (including phenoxy) is 1. The van der Waals surface area contributed by atoms with Crippen LogP contribution in [0, 0.1) is 6.92 Å². The summed E-state index contributed by atoms with van der Waals surface area (Å²) < 4.78 is 8.01. The summed E-state index contributed by atoms with van der Waals surface area (Å²) in [4.78, 5) is 12.1. The standard InChI is InChI=1S/C20H20N6O2S2/c1-3-26-17(10-28-16-9-8-14-6-4-5-7-15(14)13(16)2)23-25-20(26)29-11-18(27)22-19-24-21-12-30-19/h4-9,12H,3,10-11H2,1-2H3,(H,22,24,27). The first-order chi connectivity index (χ1) is 14.7. The number of aromatic nitrogens is 5. The number of thioether (sulfide) groups is 1. The van der Waals surface area contributed by atoms with Gasteiger partial charge in [0.05, 0.1) is 5.75 Å². The SMILES string of the molecule is CCn1c(COc2ccc3ccccc3c2C)nnc1SCC(=O)Nc1nncs1. The van der Waals surface area contributed by atoms with Gasteiger partial charge < -0.3 is 9.30 Å². The smallest absolute Gasteiger partial charge is 0.236 e. The van der Waals surface area contributed by atoms with E-state index in [2.05, 4.69) is 50.8 Å². The van der Waals surface area contributed by atoms with Crippen LogP contribution in [-0.4, -0.2) is 36.6 Å². The molecule has 0 aliphatic heterocycles. The summed E-state index contributed by atoms with van der Waals surface area (Å²) in [6.07, 6.45) is 0. The summed E-state index contributed by atoms with van der Waals surface area (Å²) in [6, 6.07) is 12.3. The summed E-state index contributed by atoms with van der Waals surface area (Å²) in [7, 11) is 0. The molecule has 0 aliphatic rings. The van der Waals surface area contributed by atoms with Crippen LogP contribution in [0.2, 0.25) is 0 Å². The molecule has 0 saturated heterocycles. The van der Waals surface area contributed by atoms with Gasteiger partial charge in [0.25, 0.3) is 0 Å². The van der Waals surface area contributed by atoms with Crippen molar-refractivity contribution in [2.45, 2.75) is 32.2 Å². The van der Waals surface area contributed by atoms with Gasteiger partial charge in [0, 0.05) is 6.54 Å². The van der Waals surface area contributed by atoms with Gasteiger partial charge in [-0.25, -0.2) is 0 Å². The van der Waals surface area contributed by atoms with E-state index < -0.39 is 0 Å². The first-order valence-electron chi connectivity index (χ1n) is 9.37. The lowest BCUT2D eigenvalue weighted by atomic mass is 10.0. The lowest BCUT2D eigenvalue weighted by Crippen LogP contribution is -2.14. The first kappa shape index (κ1) is 20.3. The number of hydrogen-bond acceptors (Lipinski definition) is 8. The minimum atomic E-state index is -0.160. The van der Waals surface area contributed by atoms with E-state index in [0.717, 1.165) is 17.1 Å². The molecule has 8 nitrogen and oxygen atoms in total. The summed E-state index contributed by atoms with van der Waals surface area (Å²) in [5.74, 6) is 1.59. The first-order valence-corrected chi connectivity index (χ1v) is 11.2. The van der Waals surface area contributed by atoms with Crippen LogP contribution in [0.1, 0.15) is 18.3 Å². The van der Waals surface area contributed by atoms with Gasteiger partial charge in [-0.3, -0.25) is 10.1 Å². The van der Waals surface area contributed by atoms with Gasteiger partial charge in [0.1, 0.15) is 17.9 Å². The normalized spacial score (nSPS) is 11.0. The molecule has 2 heterocycles. The third-order valence-electron chi connectivity index (χ3n) is 4.55. The molecule has 4 rings (SSSR count). The van der Waals surface area contributed by atoms with Gasteiger partial charge in [-0.2, -0.15) is 0 Å². The van der Waals surface area contributed by atoms with Crippen molar-refractivity contribution in [3.05, 3.63) is 53.3 Å². The number of carbonyl (C=O) groups is 1. The predicted molar refractivity (Wildman–Crippen MR) is 118 cm³/mol. The Morgan fingerprint density at radius 2 is 2.07 bits per heavy atom. The quantitative estimate of drug-likeness (QED) is 0.415. The maximum Gasteiger partial charge on any atom is 0.236 e. The van der Waals surface area contributed by atoms with E-state index in [-0.39, 0.29) is 11.7 Å². The molecule has 0 unspecified atom stereocenters. The molecule has 0 radical (unpaired) electrons. The van der Waals surface area contributed by atoms with Crippen molar-refractivity contribution in [1.82, 2.24) is 25.0 Å².